The van der Waals surface area contributed by atoms with Crippen molar-refractivity contribution in [1.82, 2.24) is 0 Å². The van der Waals surface area contributed by atoms with Crippen molar-refractivity contribution in [3.63, 3.8) is 0 Å². The molecule has 0 bridgehead atoms. The van der Waals surface area contributed by atoms with Crippen molar-refractivity contribution in [1.29, 1.82) is 0 Å². The van der Waals surface area contributed by atoms with Crippen LogP contribution in [-0.2, 0) is 0 Å². The maximum absolute atomic E-state index is 2.35. The van der Waals surface area contributed by atoms with Crippen molar-refractivity contribution < 1.29 is 0 Å². The van der Waals surface area contributed by atoms with Crippen LogP contribution in [0.5, 0.6) is 0 Å². The molecule has 0 saturated heterocycles. The number of rotatable bonds is 1. The van der Waals surface area contributed by atoms with Gasteiger partial charge >= 0.3 is 0 Å². The van der Waals surface area contributed by atoms with Gasteiger partial charge in [0.1, 0.15) is 0 Å². The summed E-state index contributed by atoms with van der Waals surface area (Å²) in [5.74, 6) is 0. The zero-order valence-corrected chi connectivity index (χ0v) is 7.24. The fraction of sp³-hybridized carbons (Fsp3) is 0.667. The van der Waals surface area contributed by atoms with E-state index in [0.717, 1.165) is 0 Å². The van der Waals surface area contributed by atoms with Crippen molar-refractivity contribution in [2.24, 2.45) is 0 Å². The molecule has 0 aromatic heterocycles. The van der Waals surface area contributed by atoms with Gasteiger partial charge in [-0.25, -0.2) is 0 Å². The van der Waals surface area contributed by atoms with Crippen molar-refractivity contribution >= 4 is 22.6 Å². The minimum Gasteiger partial charge on any atom is -0.0646 e. The first kappa shape index (κ1) is 7.47. The maximum atomic E-state index is 2.35. The molecule has 7 heavy (non-hydrogen) atoms. The Morgan fingerprint density at radius 2 is 1.86 bits per heavy atom. The van der Waals surface area contributed by atoms with E-state index < -0.39 is 0 Å². The molecule has 0 aliphatic rings. The Balaban J connectivity index is 3.72. The van der Waals surface area contributed by atoms with Crippen molar-refractivity contribution in [2.45, 2.75) is 27.2 Å². The smallest absolute Gasteiger partial charge is 0.0136 e. The second-order valence-corrected chi connectivity index (χ2v) is 3.29. The molecule has 0 heterocycles. The summed E-state index contributed by atoms with van der Waals surface area (Å²) in [4.78, 5) is 0. The highest BCUT2D eigenvalue weighted by Gasteiger charge is 1.84. The molecular formula is C6H11I. The third-order valence-corrected chi connectivity index (χ3v) is 2.04. The van der Waals surface area contributed by atoms with E-state index in [1.165, 1.54) is 15.6 Å². The van der Waals surface area contributed by atoms with Crippen molar-refractivity contribution in [2.75, 3.05) is 0 Å². The molecule has 0 saturated carbocycles. The molecular weight excluding hydrogens is 199 g/mol. The third-order valence-electron chi connectivity index (χ3n) is 1.12. The third kappa shape index (κ3) is 3.09. The molecule has 0 fully saturated rings. The van der Waals surface area contributed by atoms with E-state index in [1.807, 2.05) is 0 Å². The van der Waals surface area contributed by atoms with Crippen LogP contribution in [-0.4, -0.2) is 0 Å². The summed E-state index contributed by atoms with van der Waals surface area (Å²) in [5.41, 5.74) is 1.50. The van der Waals surface area contributed by atoms with Crippen LogP contribution < -0.4 is 0 Å². The molecule has 0 amide bonds. The van der Waals surface area contributed by atoms with Crippen LogP contribution in [0.4, 0.5) is 0 Å². The van der Waals surface area contributed by atoms with Gasteiger partial charge in [0, 0.05) is 0 Å². The number of hydrogen-bond donors (Lipinski definition) is 0. The van der Waals surface area contributed by atoms with Crippen LogP contribution in [0.25, 0.3) is 0 Å². The Hall–Kier alpha value is 0.470. The number of hydrogen-bond acceptors (Lipinski definition) is 0. The fourth-order valence-corrected chi connectivity index (χ4v) is 0.625. The molecule has 0 spiro atoms. The molecule has 0 atom stereocenters. The predicted molar refractivity (Wildman–Crippen MR) is 42.7 cm³/mol. The average Bonchev–Trinajstić information content (AvgIpc) is 1.65. The first-order chi connectivity index (χ1) is 3.18. The standard InChI is InChI=1S/C6H11I/c1-4-5(2)6(3)7/h4H2,1-3H3/b6-5-. The molecule has 0 aromatic rings. The van der Waals surface area contributed by atoms with Crippen LogP contribution in [0, 0.1) is 0 Å². The summed E-state index contributed by atoms with van der Waals surface area (Å²) in [6.45, 7) is 6.48. The molecule has 0 aromatic carbocycles. The predicted octanol–water partition coefficient (Wildman–Crippen LogP) is 3.13. The Morgan fingerprint density at radius 3 is 1.86 bits per heavy atom. The molecule has 0 rings (SSSR count). The van der Waals surface area contributed by atoms with Crippen LogP contribution >= 0.6 is 22.6 Å². The lowest BCUT2D eigenvalue weighted by atomic mass is 10.2. The Bertz CT molecular complexity index is 78.2. The average molecular weight is 210 g/mol. The van der Waals surface area contributed by atoms with Gasteiger partial charge in [0.25, 0.3) is 0 Å². The van der Waals surface area contributed by atoms with E-state index in [4.69, 9.17) is 0 Å². The van der Waals surface area contributed by atoms with Crippen LogP contribution in [0.1, 0.15) is 27.2 Å². The molecule has 1 heteroatoms. The van der Waals surface area contributed by atoms with E-state index in [9.17, 15) is 0 Å². The van der Waals surface area contributed by atoms with Gasteiger partial charge in [-0.1, -0.05) is 12.5 Å². The molecule has 0 radical (unpaired) electrons. The molecule has 0 nitrogen and oxygen atoms in total. The highest BCUT2D eigenvalue weighted by molar-refractivity contribution is 14.1. The van der Waals surface area contributed by atoms with Gasteiger partial charge < -0.3 is 0 Å². The topological polar surface area (TPSA) is 0 Å². The SMILES string of the molecule is CC/C(C)=C(/C)I. The molecule has 0 aliphatic carbocycles. The molecule has 0 unspecified atom stereocenters. The Kier molecular flexibility index (Phi) is 3.70. The first-order valence-electron chi connectivity index (χ1n) is 2.50. The first-order valence-corrected chi connectivity index (χ1v) is 3.58. The van der Waals surface area contributed by atoms with Gasteiger partial charge in [0.15, 0.2) is 0 Å². The van der Waals surface area contributed by atoms with E-state index >= 15 is 0 Å². The summed E-state index contributed by atoms with van der Waals surface area (Å²) in [7, 11) is 0. The zero-order valence-electron chi connectivity index (χ0n) is 5.09. The van der Waals surface area contributed by atoms with E-state index in [-0.39, 0.29) is 0 Å². The summed E-state index contributed by atoms with van der Waals surface area (Å²) < 4.78 is 1.43. The van der Waals surface area contributed by atoms with Gasteiger partial charge in [0.2, 0.25) is 0 Å². The van der Waals surface area contributed by atoms with Gasteiger partial charge in [-0.3, -0.25) is 0 Å². The van der Waals surface area contributed by atoms with Crippen molar-refractivity contribution in [3.05, 3.63) is 9.15 Å². The molecule has 0 N–H and O–H groups in total. The Labute approximate surface area is 59.1 Å². The summed E-state index contributed by atoms with van der Waals surface area (Å²) in [5, 5.41) is 0. The normalized spacial score (nSPS) is 13.7. The second-order valence-electron chi connectivity index (χ2n) is 1.67. The van der Waals surface area contributed by atoms with Gasteiger partial charge in [-0.2, -0.15) is 0 Å². The van der Waals surface area contributed by atoms with E-state index in [0.29, 0.717) is 0 Å². The monoisotopic (exact) mass is 210 g/mol. The maximum Gasteiger partial charge on any atom is -0.0136 e. The summed E-state index contributed by atoms with van der Waals surface area (Å²) in [6.07, 6.45) is 1.19. The minimum absolute atomic E-state index is 1.19. The van der Waals surface area contributed by atoms with Crippen LogP contribution in [0.3, 0.4) is 0 Å². The lowest BCUT2D eigenvalue weighted by Gasteiger charge is -1.92. The quantitative estimate of drug-likeness (QED) is 0.583. The fourth-order valence-electron chi connectivity index (χ4n) is 0.244. The van der Waals surface area contributed by atoms with Gasteiger partial charge in [-0.15, -0.1) is 0 Å². The van der Waals surface area contributed by atoms with E-state index in [1.54, 1.807) is 0 Å². The Morgan fingerprint density at radius 1 is 1.43 bits per heavy atom. The largest absolute Gasteiger partial charge is 0.0646 e. The zero-order chi connectivity index (χ0) is 5.86. The molecule has 42 valence electrons. The molecule has 0 aliphatic heterocycles. The number of allylic oxidation sites excluding steroid dienone is 2. The van der Waals surface area contributed by atoms with Crippen molar-refractivity contribution in [3.8, 4) is 0 Å². The van der Waals surface area contributed by atoms with E-state index in [2.05, 4.69) is 43.4 Å². The van der Waals surface area contributed by atoms with Crippen LogP contribution in [0.15, 0.2) is 9.15 Å². The summed E-state index contributed by atoms with van der Waals surface area (Å²) in [6, 6.07) is 0. The highest BCUT2D eigenvalue weighted by Crippen LogP contribution is 2.12. The lowest BCUT2D eigenvalue weighted by Crippen LogP contribution is -1.70. The van der Waals surface area contributed by atoms with Gasteiger partial charge in [-0.05, 0) is 46.4 Å². The minimum atomic E-state index is 1.19. The lowest BCUT2D eigenvalue weighted by molar-refractivity contribution is 1.09. The van der Waals surface area contributed by atoms with Gasteiger partial charge in [0.05, 0.1) is 0 Å². The van der Waals surface area contributed by atoms with Crippen LogP contribution in [0.2, 0.25) is 0 Å². The highest BCUT2D eigenvalue weighted by atomic mass is 127. The number of halogens is 1. The second kappa shape index (κ2) is 3.47. The summed E-state index contributed by atoms with van der Waals surface area (Å²) >= 11 is 2.35.